The van der Waals surface area contributed by atoms with Crippen LogP contribution in [0.15, 0.2) is 24.3 Å². The second-order valence-electron chi connectivity index (χ2n) is 6.11. The molecule has 1 N–H and O–H groups in total. The van der Waals surface area contributed by atoms with Crippen molar-refractivity contribution in [3.8, 4) is 5.75 Å². The van der Waals surface area contributed by atoms with Gasteiger partial charge in [0.25, 0.3) is 5.91 Å². The van der Waals surface area contributed by atoms with Crippen LogP contribution in [0.5, 0.6) is 5.75 Å². The number of nitrogens with one attached hydrogen (secondary N) is 1. The molecule has 1 saturated heterocycles. The van der Waals surface area contributed by atoms with Gasteiger partial charge in [0, 0.05) is 13.1 Å². The number of ether oxygens (including phenoxy) is 1. The van der Waals surface area contributed by atoms with Gasteiger partial charge in [0.1, 0.15) is 5.75 Å². The minimum atomic E-state index is -0.373. The maximum absolute atomic E-state index is 12.7. The standard InChI is InChI=1S/C18H28N2O2/c1-4-16(22-17-8-6-5-7-14(17)2)18(21)20-11-9-15(10-12-20)13-19-3/h5-8,15-16,19H,4,9-13H2,1-3H3. The van der Waals surface area contributed by atoms with Crippen LogP contribution < -0.4 is 10.1 Å². The Labute approximate surface area is 133 Å². The highest BCUT2D eigenvalue weighted by molar-refractivity contribution is 5.81. The topological polar surface area (TPSA) is 41.6 Å². The first-order chi connectivity index (χ1) is 10.7. The third-order valence-electron chi connectivity index (χ3n) is 4.43. The van der Waals surface area contributed by atoms with Gasteiger partial charge in [0.2, 0.25) is 0 Å². The maximum atomic E-state index is 12.7. The fraction of sp³-hybridized carbons (Fsp3) is 0.611. The molecule has 1 unspecified atom stereocenters. The van der Waals surface area contributed by atoms with Gasteiger partial charge in [-0.3, -0.25) is 4.79 Å². The normalized spacial score (nSPS) is 17.3. The summed E-state index contributed by atoms with van der Waals surface area (Å²) in [6, 6.07) is 7.88. The first-order valence-corrected chi connectivity index (χ1v) is 8.31. The number of rotatable bonds is 6. The van der Waals surface area contributed by atoms with E-state index in [1.54, 1.807) is 0 Å². The molecular weight excluding hydrogens is 276 g/mol. The van der Waals surface area contributed by atoms with E-state index < -0.39 is 0 Å². The zero-order valence-electron chi connectivity index (χ0n) is 14.0. The number of aryl methyl sites for hydroxylation is 1. The van der Waals surface area contributed by atoms with Crippen LogP contribution in [0.3, 0.4) is 0 Å². The van der Waals surface area contributed by atoms with Crippen molar-refractivity contribution in [3.63, 3.8) is 0 Å². The minimum Gasteiger partial charge on any atom is -0.480 e. The summed E-state index contributed by atoms with van der Waals surface area (Å²) >= 11 is 0. The van der Waals surface area contributed by atoms with Gasteiger partial charge in [-0.2, -0.15) is 0 Å². The van der Waals surface area contributed by atoms with Crippen LogP contribution in [-0.4, -0.2) is 43.6 Å². The van der Waals surface area contributed by atoms with Crippen LogP contribution in [-0.2, 0) is 4.79 Å². The van der Waals surface area contributed by atoms with Crippen LogP contribution in [0.4, 0.5) is 0 Å². The molecule has 0 aliphatic carbocycles. The number of nitrogens with zero attached hydrogens (tertiary/aromatic N) is 1. The van der Waals surface area contributed by atoms with E-state index in [0.29, 0.717) is 12.3 Å². The molecule has 1 atom stereocenters. The molecule has 1 heterocycles. The van der Waals surface area contributed by atoms with Crippen molar-refractivity contribution in [1.82, 2.24) is 10.2 Å². The van der Waals surface area contributed by atoms with Gasteiger partial charge >= 0.3 is 0 Å². The highest BCUT2D eigenvalue weighted by atomic mass is 16.5. The quantitative estimate of drug-likeness (QED) is 0.878. The van der Waals surface area contributed by atoms with Crippen molar-refractivity contribution in [2.24, 2.45) is 5.92 Å². The number of piperidine rings is 1. The summed E-state index contributed by atoms with van der Waals surface area (Å²) in [5.41, 5.74) is 1.07. The molecule has 1 amide bonds. The van der Waals surface area contributed by atoms with Gasteiger partial charge in [-0.05, 0) is 57.3 Å². The lowest BCUT2D eigenvalue weighted by Crippen LogP contribution is -2.46. The van der Waals surface area contributed by atoms with Crippen molar-refractivity contribution < 1.29 is 9.53 Å². The monoisotopic (exact) mass is 304 g/mol. The van der Waals surface area contributed by atoms with Gasteiger partial charge in [0.05, 0.1) is 0 Å². The van der Waals surface area contributed by atoms with Gasteiger partial charge < -0.3 is 15.0 Å². The fourth-order valence-corrected chi connectivity index (χ4v) is 3.00. The lowest BCUT2D eigenvalue weighted by molar-refractivity contribution is -0.140. The Kier molecular flexibility index (Phi) is 6.25. The Morgan fingerprint density at radius 2 is 2.05 bits per heavy atom. The van der Waals surface area contributed by atoms with Gasteiger partial charge in [-0.15, -0.1) is 0 Å². The second-order valence-corrected chi connectivity index (χ2v) is 6.11. The van der Waals surface area contributed by atoms with Crippen molar-refractivity contribution in [3.05, 3.63) is 29.8 Å². The SMILES string of the molecule is CCC(Oc1ccccc1C)C(=O)N1CCC(CNC)CC1. The number of para-hydroxylation sites is 1. The van der Waals surface area contributed by atoms with E-state index in [1.807, 2.05) is 50.1 Å². The van der Waals surface area contributed by atoms with E-state index in [0.717, 1.165) is 43.8 Å². The third kappa shape index (κ3) is 4.23. The summed E-state index contributed by atoms with van der Waals surface area (Å²) in [6.07, 6.45) is 2.48. The van der Waals surface area contributed by atoms with E-state index in [4.69, 9.17) is 4.74 Å². The highest BCUT2D eigenvalue weighted by Crippen LogP contribution is 2.22. The Balaban J connectivity index is 1.94. The van der Waals surface area contributed by atoms with Crippen LogP contribution >= 0.6 is 0 Å². The lowest BCUT2D eigenvalue weighted by Gasteiger charge is -2.34. The summed E-state index contributed by atoms with van der Waals surface area (Å²) in [5, 5.41) is 3.23. The van der Waals surface area contributed by atoms with Crippen LogP contribution in [0.25, 0.3) is 0 Å². The van der Waals surface area contributed by atoms with Crippen molar-refractivity contribution in [2.45, 2.75) is 39.2 Å². The molecule has 1 fully saturated rings. The molecule has 22 heavy (non-hydrogen) atoms. The molecule has 1 aromatic rings. The van der Waals surface area contributed by atoms with Crippen molar-refractivity contribution >= 4 is 5.91 Å². The number of carbonyl (C=O) groups is 1. The molecule has 122 valence electrons. The molecule has 0 spiro atoms. The molecule has 4 heteroatoms. The van der Waals surface area contributed by atoms with Crippen molar-refractivity contribution in [1.29, 1.82) is 0 Å². The number of amides is 1. The Morgan fingerprint density at radius 1 is 1.36 bits per heavy atom. The van der Waals surface area contributed by atoms with E-state index in [-0.39, 0.29) is 12.0 Å². The number of hydrogen-bond acceptors (Lipinski definition) is 3. The maximum Gasteiger partial charge on any atom is 0.263 e. The predicted molar refractivity (Wildman–Crippen MR) is 89.1 cm³/mol. The molecule has 0 aromatic heterocycles. The molecule has 0 saturated carbocycles. The van der Waals surface area contributed by atoms with Gasteiger partial charge in [-0.1, -0.05) is 25.1 Å². The predicted octanol–water partition coefficient (Wildman–Crippen LogP) is 2.61. The molecular formula is C18H28N2O2. The summed E-state index contributed by atoms with van der Waals surface area (Å²) in [4.78, 5) is 14.7. The number of benzene rings is 1. The average Bonchev–Trinajstić information content (AvgIpc) is 2.54. The minimum absolute atomic E-state index is 0.133. The number of carbonyl (C=O) groups excluding carboxylic acids is 1. The number of hydrogen-bond donors (Lipinski definition) is 1. The third-order valence-corrected chi connectivity index (χ3v) is 4.43. The van der Waals surface area contributed by atoms with Gasteiger partial charge in [-0.25, -0.2) is 0 Å². The summed E-state index contributed by atoms with van der Waals surface area (Å²) in [7, 11) is 1.99. The van der Waals surface area contributed by atoms with E-state index >= 15 is 0 Å². The molecule has 4 nitrogen and oxygen atoms in total. The van der Waals surface area contributed by atoms with Gasteiger partial charge in [0.15, 0.2) is 6.10 Å². The summed E-state index contributed by atoms with van der Waals surface area (Å²) < 4.78 is 5.98. The molecule has 1 aromatic carbocycles. The molecule has 1 aliphatic rings. The van der Waals surface area contributed by atoms with E-state index in [2.05, 4.69) is 5.32 Å². The van der Waals surface area contributed by atoms with Crippen LogP contribution in [0.1, 0.15) is 31.7 Å². The van der Waals surface area contributed by atoms with Crippen LogP contribution in [0, 0.1) is 12.8 Å². The Morgan fingerprint density at radius 3 is 2.64 bits per heavy atom. The molecule has 0 bridgehead atoms. The molecule has 0 radical (unpaired) electrons. The first-order valence-electron chi connectivity index (χ1n) is 8.31. The highest BCUT2D eigenvalue weighted by Gasteiger charge is 2.28. The molecule has 1 aliphatic heterocycles. The van der Waals surface area contributed by atoms with E-state index in [1.165, 1.54) is 0 Å². The smallest absolute Gasteiger partial charge is 0.263 e. The Hall–Kier alpha value is -1.55. The zero-order valence-corrected chi connectivity index (χ0v) is 14.0. The molecule has 2 rings (SSSR count). The van der Waals surface area contributed by atoms with Crippen LogP contribution in [0.2, 0.25) is 0 Å². The first kappa shape index (κ1) is 16.8. The summed E-state index contributed by atoms with van der Waals surface area (Å²) in [5.74, 6) is 1.63. The zero-order chi connectivity index (χ0) is 15.9. The average molecular weight is 304 g/mol. The fourth-order valence-electron chi connectivity index (χ4n) is 3.00. The van der Waals surface area contributed by atoms with E-state index in [9.17, 15) is 4.79 Å². The largest absolute Gasteiger partial charge is 0.480 e. The Bertz CT molecular complexity index is 482. The summed E-state index contributed by atoms with van der Waals surface area (Å²) in [6.45, 7) is 6.75. The second kappa shape index (κ2) is 8.18. The lowest BCUT2D eigenvalue weighted by atomic mass is 9.96. The number of likely N-dealkylation sites (tertiary alicyclic amines) is 1. The van der Waals surface area contributed by atoms with Crippen molar-refractivity contribution in [2.75, 3.05) is 26.7 Å².